The Bertz CT molecular complexity index is 593. The molecular weight excluding hydrogens is 254 g/mol. The summed E-state index contributed by atoms with van der Waals surface area (Å²) >= 11 is 0. The van der Waals surface area contributed by atoms with Crippen LogP contribution in [0.2, 0.25) is 0 Å². The first kappa shape index (κ1) is 14.3. The molecule has 0 fully saturated rings. The number of benzene rings is 1. The van der Waals surface area contributed by atoms with Crippen molar-refractivity contribution in [2.24, 2.45) is 5.92 Å². The molecule has 1 aromatic carbocycles. The SMILES string of the molecule is CC(C)C(O)CNC(=O)Nc1cccc2cccnc12. The van der Waals surface area contributed by atoms with Gasteiger partial charge in [-0.05, 0) is 18.1 Å². The van der Waals surface area contributed by atoms with E-state index in [1.54, 1.807) is 12.3 Å². The van der Waals surface area contributed by atoms with E-state index in [1.807, 2.05) is 38.1 Å². The number of hydrogen-bond acceptors (Lipinski definition) is 3. The second-order valence-corrected chi connectivity index (χ2v) is 5.03. The number of aromatic nitrogens is 1. The van der Waals surface area contributed by atoms with Crippen LogP contribution in [-0.2, 0) is 0 Å². The van der Waals surface area contributed by atoms with Crippen molar-refractivity contribution < 1.29 is 9.90 Å². The molecule has 2 aromatic rings. The first-order chi connectivity index (χ1) is 9.58. The van der Waals surface area contributed by atoms with E-state index in [1.165, 1.54) is 0 Å². The molecule has 0 aliphatic heterocycles. The van der Waals surface area contributed by atoms with Gasteiger partial charge in [-0.2, -0.15) is 0 Å². The summed E-state index contributed by atoms with van der Waals surface area (Å²) in [5.41, 5.74) is 1.40. The molecule has 0 spiro atoms. The van der Waals surface area contributed by atoms with Crippen molar-refractivity contribution >= 4 is 22.6 Å². The van der Waals surface area contributed by atoms with Crippen molar-refractivity contribution in [3.8, 4) is 0 Å². The second kappa shape index (κ2) is 6.34. The summed E-state index contributed by atoms with van der Waals surface area (Å²) in [6.45, 7) is 4.03. The number of pyridine rings is 1. The smallest absolute Gasteiger partial charge is 0.319 e. The van der Waals surface area contributed by atoms with Crippen LogP contribution in [0.25, 0.3) is 10.9 Å². The third kappa shape index (κ3) is 3.45. The molecule has 5 nitrogen and oxygen atoms in total. The van der Waals surface area contributed by atoms with Crippen LogP contribution < -0.4 is 10.6 Å². The van der Waals surface area contributed by atoms with Crippen molar-refractivity contribution in [1.82, 2.24) is 10.3 Å². The van der Waals surface area contributed by atoms with Gasteiger partial charge in [-0.1, -0.05) is 32.0 Å². The van der Waals surface area contributed by atoms with Crippen molar-refractivity contribution in [3.05, 3.63) is 36.5 Å². The van der Waals surface area contributed by atoms with Crippen LogP contribution in [-0.4, -0.2) is 28.8 Å². The summed E-state index contributed by atoms with van der Waals surface area (Å²) in [7, 11) is 0. The van der Waals surface area contributed by atoms with E-state index in [2.05, 4.69) is 15.6 Å². The van der Waals surface area contributed by atoms with Gasteiger partial charge in [0.25, 0.3) is 0 Å². The molecule has 20 heavy (non-hydrogen) atoms. The maximum atomic E-state index is 11.8. The molecule has 2 amide bonds. The topological polar surface area (TPSA) is 74.2 Å². The Labute approximate surface area is 118 Å². The minimum atomic E-state index is -0.550. The molecule has 3 N–H and O–H groups in total. The van der Waals surface area contributed by atoms with Gasteiger partial charge < -0.3 is 15.7 Å². The Hall–Kier alpha value is -2.14. The first-order valence-electron chi connectivity index (χ1n) is 6.64. The van der Waals surface area contributed by atoms with Crippen LogP contribution in [0.5, 0.6) is 0 Å². The molecule has 2 rings (SSSR count). The van der Waals surface area contributed by atoms with Crippen molar-refractivity contribution in [2.75, 3.05) is 11.9 Å². The third-order valence-corrected chi connectivity index (χ3v) is 3.12. The van der Waals surface area contributed by atoms with Gasteiger partial charge in [0, 0.05) is 18.1 Å². The van der Waals surface area contributed by atoms with Crippen LogP contribution in [0.15, 0.2) is 36.5 Å². The summed E-state index contributed by atoms with van der Waals surface area (Å²) in [6.07, 6.45) is 1.14. The monoisotopic (exact) mass is 273 g/mol. The van der Waals surface area contributed by atoms with E-state index < -0.39 is 6.10 Å². The lowest BCUT2D eigenvalue weighted by Crippen LogP contribution is -2.37. The molecule has 0 saturated carbocycles. The largest absolute Gasteiger partial charge is 0.391 e. The van der Waals surface area contributed by atoms with Gasteiger partial charge in [0.15, 0.2) is 0 Å². The average Bonchev–Trinajstić information content (AvgIpc) is 2.45. The molecule has 5 heteroatoms. The van der Waals surface area contributed by atoms with Gasteiger partial charge in [0.2, 0.25) is 0 Å². The van der Waals surface area contributed by atoms with Crippen LogP contribution in [0.3, 0.4) is 0 Å². The van der Waals surface area contributed by atoms with E-state index in [-0.39, 0.29) is 18.5 Å². The van der Waals surface area contributed by atoms with E-state index in [0.717, 1.165) is 10.9 Å². The number of urea groups is 1. The lowest BCUT2D eigenvalue weighted by molar-refractivity contribution is 0.126. The van der Waals surface area contributed by atoms with Gasteiger partial charge in [0.05, 0.1) is 17.3 Å². The van der Waals surface area contributed by atoms with Gasteiger partial charge >= 0.3 is 6.03 Å². The van der Waals surface area contributed by atoms with Crippen LogP contribution in [0, 0.1) is 5.92 Å². The Morgan fingerprint density at radius 2 is 2.05 bits per heavy atom. The highest BCUT2D eigenvalue weighted by Crippen LogP contribution is 2.20. The Morgan fingerprint density at radius 1 is 1.30 bits per heavy atom. The number of nitrogens with one attached hydrogen (secondary N) is 2. The van der Waals surface area contributed by atoms with Gasteiger partial charge in [-0.25, -0.2) is 4.79 Å². The zero-order valence-corrected chi connectivity index (χ0v) is 11.6. The number of hydrogen-bond donors (Lipinski definition) is 3. The molecule has 0 saturated heterocycles. The number of anilines is 1. The summed E-state index contributed by atoms with van der Waals surface area (Å²) in [5, 5.41) is 16.0. The van der Waals surface area contributed by atoms with Crippen LogP contribution >= 0.6 is 0 Å². The molecule has 0 radical (unpaired) electrons. The fourth-order valence-corrected chi connectivity index (χ4v) is 1.80. The highest BCUT2D eigenvalue weighted by atomic mass is 16.3. The van der Waals surface area contributed by atoms with Gasteiger partial charge in [-0.3, -0.25) is 4.98 Å². The average molecular weight is 273 g/mol. The first-order valence-corrected chi connectivity index (χ1v) is 6.64. The predicted molar refractivity (Wildman–Crippen MR) is 79.6 cm³/mol. The Kier molecular flexibility index (Phi) is 4.53. The zero-order chi connectivity index (χ0) is 14.5. The number of para-hydroxylation sites is 1. The van der Waals surface area contributed by atoms with E-state index in [9.17, 15) is 9.90 Å². The quantitative estimate of drug-likeness (QED) is 0.800. The standard InChI is InChI=1S/C15H19N3O2/c1-10(2)13(19)9-17-15(20)18-12-7-3-5-11-6-4-8-16-14(11)12/h3-8,10,13,19H,9H2,1-2H3,(H2,17,18,20). The normalized spacial score (nSPS) is 12.4. The summed E-state index contributed by atoms with van der Waals surface area (Å²) < 4.78 is 0. The number of carbonyl (C=O) groups excluding carboxylic acids is 1. The third-order valence-electron chi connectivity index (χ3n) is 3.12. The number of fused-ring (bicyclic) bond motifs is 1. The summed E-state index contributed by atoms with van der Waals surface area (Å²) in [6, 6.07) is 9.05. The maximum absolute atomic E-state index is 11.8. The molecule has 1 heterocycles. The van der Waals surface area contributed by atoms with E-state index in [0.29, 0.717) is 5.69 Å². The van der Waals surface area contributed by atoms with E-state index >= 15 is 0 Å². The number of amides is 2. The molecular formula is C15H19N3O2. The molecule has 1 atom stereocenters. The molecule has 0 aliphatic carbocycles. The predicted octanol–water partition coefficient (Wildman–Crippen LogP) is 2.37. The number of carbonyl (C=O) groups is 1. The molecule has 1 unspecified atom stereocenters. The Morgan fingerprint density at radius 3 is 2.80 bits per heavy atom. The van der Waals surface area contributed by atoms with Crippen molar-refractivity contribution in [1.29, 1.82) is 0 Å². The second-order valence-electron chi connectivity index (χ2n) is 5.03. The lowest BCUT2D eigenvalue weighted by atomic mass is 10.1. The molecule has 1 aromatic heterocycles. The fraction of sp³-hybridized carbons (Fsp3) is 0.333. The van der Waals surface area contributed by atoms with Crippen molar-refractivity contribution in [2.45, 2.75) is 20.0 Å². The fourth-order valence-electron chi connectivity index (χ4n) is 1.80. The van der Waals surface area contributed by atoms with E-state index in [4.69, 9.17) is 0 Å². The minimum absolute atomic E-state index is 0.106. The van der Waals surface area contributed by atoms with Gasteiger partial charge in [0.1, 0.15) is 0 Å². The maximum Gasteiger partial charge on any atom is 0.319 e. The molecule has 106 valence electrons. The number of rotatable bonds is 4. The number of nitrogens with zero attached hydrogens (tertiary/aromatic N) is 1. The van der Waals surface area contributed by atoms with Crippen LogP contribution in [0.1, 0.15) is 13.8 Å². The zero-order valence-electron chi connectivity index (χ0n) is 11.6. The molecule has 0 bridgehead atoms. The molecule has 0 aliphatic rings. The highest BCUT2D eigenvalue weighted by molar-refractivity contribution is 5.99. The van der Waals surface area contributed by atoms with Gasteiger partial charge in [-0.15, -0.1) is 0 Å². The Balaban J connectivity index is 2.03. The number of aliphatic hydroxyl groups excluding tert-OH is 1. The summed E-state index contributed by atoms with van der Waals surface area (Å²) in [4.78, 5) is 16.1. The lowest BCUT2D eigenvalue weighted by Gasteiger charge is -2.15. The minimum Gasteiger partial charge on any atom is -0.391 e. The highest BCUT2D eigenvalue weighted by Gasteiger charge is 2.11. The van der Waals surface area contributed by atoms with Crippen molar-refractivity contribution in [3.63, 3.8) is 0 Å². The summed E-state index contributed by atoms with van der Waals surface area (Å²) in [5.74, 6) is 0.106. The van der Waals surface area contributed by atoms with Crippen LogP contribution in [0.4, 0.5) is 10.5 Å². The number of aliphatic hydroxyl groups is 1.